The van der Waals surface area contributed by atoms with E-state index >= 15 is 0 Å². The van der Waals surface area contributed by atoms with Gasteiger partial charge < -0.3 is 9.84 Å². The minimum Gasteiger partial charge on any atom is -0.495 e. The molecule has 0 spiro atoms. The quantitative estimate of drug-likeness (QED) is 0.739. The summed E-state index contributed by atoms with van der Waals surface area (Å²) >= 11 is 12.2. The van der Waals surface area contributed by atoms with Crippen LogP contribution in [-0.2, 0) is 21.2 Å². The van der Waals surface area contributed by atoms with Crippen LogP contribution in [0.2, 0.25) is 10.0 Å². The number of rotatable bonds is 7. The average molecular weight is 418 g/mol. The molecule has 0 aliphatic carbocycles. The standard InChI is InChI=1S/C17H17Cl2NO5S/c1-3-11-4-6-12(7-5-11)20(10-15(21)22)26(23,24)14-9-8-13(25-2)16(18)17(14)19/h4-9H,3,10H2,1-2H3,(H,21,22). The molecule has 0 saturated heterocycles. The number of carboxylic acid groups (broad SMARTS) is 1. The van der Waals surface area contributed by atoms with Crippen molar-refractivity contribution in [2.45, 2.75) is 18.2 Å². The highest BCUT2D eigenvalue weighted by atomic mass is 35.5. The minimum atomic E-state index is -4.27. The number of anilines is 1. The van der Waals surface area contributed by atoms with Gasteiger partial charge in [-0.3, -0.25) is 9.10 Å². The van der Waals surface area contributed by atoms with E-state index in [2.05, 4.69) is 0 Å². The van der Waals surface area contributed by atoms with Crippen LogP contribution >= 0.6 is 23.2 Å². The van der Waals surface area contributed by atoms with E-state index in [4.69, 9.17) is 27.9 Å². The third kappa shape index (κ3) is 4.06. The highest BCUT2D eigenvalue weighted by molar-refractivity contribution is 7.93. The fourth-order valence-electron chi connectivity index (χ4n) is 2.33. The lowest BCUT2D eigenvalue weighted by molar-refractivity contribution is -0.135. The Hall–Kier alpha value is -1.96. The summed E-state index contributed by atoms with van der Waals surface area (Å²) in [5, 5.41) is 8.88. The molecule has 0 amide bonds. The number of carbonyl (C=O) groups is 1. The van der Waals surface area contributed by atoms with E-state index < -0.39 is 22.5 Å². The first-order valence-corrected chi connectivity index (χ1v) is 9.77. The molecule has 1 N–H and O–H groups in total. The van der Waals surface area contributed by atoms with Gasteiger partial charge in [-0.15, -0.1) is 0 Å². The number of methoxy groups -OCH3 is 1. The molecular weight excluding hydrogens is 401 g/mol. The lowest BCUT2D eigenvalue weighted by Gasteiger charge is -2.24. The first kappa shape index (κ1) is 20.4. The number of aryl methyl sites for hydroxylation is 1. The van der Waals surface area contributed by atoms with Crippen molar-refractivity contribution < 1.29 is 23.1 Å². The van der Waals surface area contributed by atoms with Crippen molar-refractivity contribution in [3.63, 3.8) is 0 Å². The summed E-state index contributed by atoms with van der Waals surface area (Å²) in [5.74, 6) is -1.09. The van der Waals surface area contributed by atoms with E-state index in [1.165, 1.54) is 19.2 Å². The number of halogens is 2. The molecule has 0 bridgehead atoms. The molecule has 9 heteroatoms. The molecule has 6 nitrogen and oxygen atoms in total. The Balaban J connectivity index is 2.59. The van der Waals surface area contributed by atoms with Crippen LogP contribution in [0.5, 0.6) is 5.75 Å². The van der Waals surface area contributed by atoms with Gasteiger partial charge in [0.2, 0.25) is 0 Å². The lowest BCUT2D eigenvalue weighted by atomic mass is 10.1. The Kier molecular flexibility index (Phi) is 6.39. The van der Waals surface area contributed by atoms with Gasteiger partial charge in [-0.2, -0.15) is 0 Å². The monoisotopic (exact) mass is 417 g/mol. The molecular formula is C17H17Cl2NO5S. The second-order valence-electron chi connectivity index (χ2n) is 5.32. The van der Waals surface area contributed by atoms with E-state index in [1.807, 2.05) is 6.92 Å². The molecule has 2 aromatic carbocycles. The Labute approximate surface area is 162 Å². The maximum Gasteiger partial charge on any atom is 0.324 e. The topological polar surface area (TPSA) is 83.9 Å². The van der Waals surface area contributed by atoms with Crippen molar-refractivity contribution in [3.8, 4) is 5.75 Å². The van der Waals surface area contributed by atoms with Crippen molar-refractivity contribution in [2.24, 2.45) is 0 Å². The van der Waals surface area contributed by atoms with Crippen LogP contribution in [0, 0.1) is 0 Å². The van der Waals surface area contributed by atoms with Crippen LogP contribution in [0.1, 0.15) is 12.5 Å². The van der Waals surface area contributed by atoms with Gasteiger partial charge in [0, 0.05) is 0 Å². The number of hydrogen-bond donors (Lipinski definition) is 1. The van der Waals surface area contributed by atoms with Crippen molar-refractivity contribution in [3.05, 3.63) is 52.0 Å². The van der Waals surface area contributed by atoms with E-state index in [0.717, 1.165) is 16.3 Å². The second kappa shape index (κ2) is 8.16. The maximum atomic E-state index is 13.1. The maximum absolute atomic E-state index is 13.1. The Bertz CT molecular complexity index is 913. The Morgan fingerprint density at radius 3 is 2.23 bits per heavy atom. The van der Waals surface area contributed by atoms with Gasteiger partial charge in [-0.25, -0.2) is 8.42 Å². The predicted molar refractivity (Wildman–Crippen MR) is 101 cm³/mol. The number of hydrogen-bond acceptors (Lipinski definition) is 4. The zero-order valence-electron chi connectivity index (χ0n) is 14.1. The third-order valence-electron chi connectivity index (χ3n) is 3.71. The fraction of sp³-hybridized carbons (Fsp3) is 0.235. The van der Waals surface area contributed by atoms with Crippen LogP contribution in [0.4, 0.5) is 5.69 Å². The number of carboxylic acids is 1. The number of aliphatic carboxylic acids is 1. The molecule has 2 aromatic rings. The van der Waals surface area contributed by atoms with Crippen LogP contribution in [-0.4, -0.2) is 33.1 Å². The molecule has 0 saturated carbocycles. The van der Waals surface area contributed by atoms with Crippen LogP contribution in [0.3, 0.4) is 0 Å². The first-order chi connectivity index (χ1) is 12.2. The molecule has 0 radical (unpaired) electrons. The fourth-order valence-corrected chi connectivity index (χ4v) is 4.56. The van der Waals surface area contributed by atoms with Gasteiger partial charge in [-0.1, -0.05) is 42.3 Å². The smallest absolute Gasteiger partial charge is 0.324 e. The molecule has 0 fully saturated rings. The molecule has 0 unspecified atom stereocenters. The van der Waals surface area contributed by atoms with E-state index in [0.29, 0.717) is 0 Å². The lowest BCUT2D eigenvalue weighted by Crippen LogP contribution is -2.36. The van der Waals surface area contributed by atoms with Crippen molar-refractivity contribution in [1.82, 2.24) is 0 Å². The zero-order valence-corrected chi connectivity index (χ0v) is 16.4. The summed E-state index contributed by atoms with van der Waals surface area (Å²) < 4.78 is 31.9. The molecule has 2 rings (SSSR count). The molecule has 0 aliphatic heterocycles. The summed E-state index contributed by atoms with van der Waals surface area (Å²) in [6, 6.07) is 9.18. The number of benzene rings is 2. The average Bonchev–Trinajstić information content (AvgIpc) is 2.61. The van der Waals surface area contributed by atoms with Gasteiger partial charge in [0.1, 0.15) is 22.2 Å². The largest absolute Gasteiger partial charge is 0.495 e. The normalized spacial score (nSPS) is 11.2. The molecule has 0 atom stereocenters. The number of ether oxygens (including phenoxy) is 1. The van der Waals surface area contributed by atoms with Gasteiger partial charge in [0.25, 0.3) is 10.0 Å². The predicted octanol–water partition coefficient (Wildman–Crippen LogP) is 3.84. The van der Waals surface area contributed by atoms with Gasteiger partial charge in [0.05, 0.1) is 17.8 Å². The van der Waals surface area contributed by atoms with Crippen molar-refractivity contribution >= 4 is 44.9 Å². The SMILES string of the molecule is CCc1ccc(N(CC(=O)O)S(=O)(=O)c2ccc(OC)c(Cl)c2Cl)cc1. The highest BCUT2D eigenvalue weighted by Gasteiger charge is 2.30. The van der Waals surface area contributed by atoms with Crippen LogP contribution < -0.4 is 9.04 Å². The number of sulfonamides is 1. The Morgan fingerprint density at radius 1 is 1.12 bits per heavy atom. The van der Waals surface area contributed by atoms with E-state index in [1.54, 1.807) is 24.3 Å². The zero-order chi connectivity index (χ0) is 19.5. The van der Waals surface area contributed by atoms with Crippen LogP contribution in [0.25, 0.3) is 0 Å². The third-order valence-corrected chi connectivity index (χ3v) is 6.50. The molecule has 0 heterocycles. The minimum absolute atomic E-state index is 0.0631. The van der Waals surface area contributed by atoms with Gasteiger partial charge >= 0.3 is 5.97 Å². The number of nitrogens with zero attached hydrogens (tertiary/aromatic N) is 1. The second-order valence-corrected chi connectivity index (χ2v) is 7.91. The van der Waals surface area contributed by atoms with Gasteiger partial charge in [0.15, 0.2) is 0 Å². The van der Waals surface area contributed by atoms with Crippen molar-refractivity contribution in [1.29, 1.82) is 0 Å². The van der Waals surface area contributed by atoms with Gasteiger partial charge in [-0.05, 0) is 36.2 Å². The van der Waals surface area contributed by atoms with E-state index in [9.17, 15) is 18.3 Å². The molecule has 0 aromatic heterocycles. The molecule has 0 aliphatic rings. The summed E-state index contributed by atoms with van der Waals surface area (Å²) in [6.07, 6.45) is 0.770. The molecule has 140 valence electrons. The Morgan fingerprint density at radius 2 is 1.73 bits per heavy atom. The summed E-state index contributed by atoms with van der Waals surface area (Å²) in [4.78, 5) is 11.0. The van der Waals surface area contributed by atoms with Crippen molar-refractivity contribution in [2.75, 3.05) is 18.0 Å². The highest BCUT2D eigenvalue weighted by Crippen LogP contribution is 2.38. The summed E-state index contributed by atoms with van der Waals surface area (Å²) in [5.41, 5.74) is 1.21. The molecule has 26 heavy (non-hydrogen) atoms. The summed E-state index contributed by atoms with van der Waals surface area (Å²) in [6.45, 7) is 1.20. The van der Waals surface area contributed by atoms with E-state index in [-0.39, 0.29) is 26.4 Å². The van der Waals surface area contributed by atoms with Crippen LogP contribution in [0.15, 0.2) is 41.3 Å². The summed E-state index contributed by atoms with van der Waals surface area (Å²) in [7, 11) is -2.89. The first-order valence-electron chi connectivity index (χ1n) is 7.57.